The van der Waals surface area contributed by atoms with Crippen LogP contribution in [-0.4, -0.2) is 39.9 Å². The van der Waals surface area contributed by atoms with Crippen LogP contribution in [0.15, 0.2) is 102 Å². The lowest BCUT2D eigenvalue weighted by atomic mass is 9.81. The average Bonchev–Trinajstić information content (AvgIpc) is 3.61. The van der Waals surface area contributed by atoms with Crippen molar-refractivity contribution in [1.29, 1.82) is 0 Å². The van der Waals surface area contributed by atoms with Crippen molar-refractivity contribution in [2.24, 2.45) is 0 Å². The standard InChI is InChI=1S/C43H51N3O4/c1-2-30-18-20-40-36(24-30)38(27-43(50-40)22-9-10-23-43)44-28-39(47)37(25-31-12-5-3-6-13-31)45-42(49)34-19-21-41(48)46(29-34)35-17-11-16-33(26-35)32-14-7-4-8-15-32/h3-8,12-15,18-21,24,29,33,35,37-39,44,47H,2,9-11,16-17,22-23,25-28H2,1H3,(H,45,49)/t33?,35?,37-,38?,39+/m0/s1. The van der Waals surface area contributed by atoms with Gasteiger partial charge in [-0.3, -0.25) is 9.59 Å². The lowest BCUT2D eigenvalue weighted by Crippen LogP contribution is -2.50. The molecular weight excluding hydrogens is 622 g/mol. The molecule has 3 unspecified atom stereocenters. The van der Waals surface area contributed by atoms with E-state index in [0.717, 1.165) is 68.2 Å². The SMILES string of the molecule is CCc1ccc2c(c1)C(NC[C@@H](O)[C@H](Cc1ccccc1)NC(=O)c1ccc(=O)n(C3CCCC(c4ccccc4)C3)c1)CC1(CCCC1)O2. The molecule has 1 aliphatic heterocycles. The predicted molar refractivity (Wildman–Crippen MR) is 198 cm³/mol. The molecule has 0 radical (unpaired) electrons. The number of pyridine rings is 1. The first-order valence-electron chi connectivity index (χ1n) is 18.7. The monoisotopic (exact) mass is 673 g/mol. The number of amides is 1. The second-order valence-electron chi connectivity index (χ2n) is 14.8. The van der Waals surface area contributed by atoms with Crippen LogP contribution in [0.25, 0.3) is 0 Å². The number of ether oxygens (including phenoxy) is 1. The van der Waals surface area contributed by atoms with Crippen LogP contribution >= 0.6 is 0 Å². The fourth-order valence-corrected chi connectivity index (χ4v) is 8.62. The summed E-state index contributed by atoms with van der Waals surface area (Å²) in [7, 11) is 0. The van der Waals surface area contributed by atoms with Crippen LogP contribution in [0, 0.1) is 0 Å². The molecular formula is C43H51N3O4. The maximum absolute atomic E-state index is 13.9. The Labute approximate surface area is 296 Å². The first-order valence-corrected chi connectivity index (χ1v) is 18.7. The van der Waals surface area contributed by atoms with Crippen molar-refractivity contribution in [3.8, 4) is 5.75 Å². The van der Waals surface area contributed by atoms with Gasteiger partial charge in [0.1, 0.15) is 11.4 Å². The number of aliphatic hydroxyl groups is 1. The fourth-order valence-electron chi connectivity index (χ4n) is 8.62. The Bertz CT molecular complexity index is 1800. The largest absolute Gasteiger partial charge is 0.487 e. The minimum absolute atomic E-state index is 0.0304. The maximum atomic E-state index is 13.9. The number of fused-ring (bicyclic) bond motifs is 1. The minimum atomic E-state index is -0.852. The summed E-state index contributed by atoms with van der Waals surface area (Å²) in [5.41, 5.74) is 4.93. The minimum Gasteiger partial charge on any atom is -0.487 e. The van der Waals surface area contributed by atoms with Gasteiger partial charge in [0, 0.05) is 42.9 Å². The molecule has 4 aromatic rings. The molecule has 1 spiro atoms. The molecule has 2 heterocycles. The summed E-state index contributed by atoms with van der Waals surface area (Å²) in [4.78, 5) is 27.1. The Balaban J connectivity index is 1.08. The van der Waals surface area contributed by atoms with E-state index in [1.807, 2.05) is 36.4 Å². The topological polar surface area (TPSA) is 92.6 Å². The van der Waals surface area contributed by atoms with E-state index in [9.17, 15) is 14.7 Å². The number of hydrogen-bond donors (Lipinski definition) is 3. The number of carbonyl (C=O) groups excluding carboxylic acids is 1. The van der Waals surface area contributed by atoms with Crippen LogP contribution in [0.1, 0.15) is 115 Å². The van der Waals surface area contributed by atoms with Gasteiger partial charge in [0.15, 0.2) is 0 Å². The molecule has 3 N–H and O–H groups in total. The van der Waals surface area contributed by atoms with Gasteiger partial charge in [-0.15, -0.1) is 0 Å². The van der Waals surface area contributed by atoms with Gasteiger partial charge in [-0.25, -0.2) is 0 Å². The summed E-state index contributed by atoms with van der Waals surface area (Å²) < 4.78 is 8.42. The van der Waals surface area contributed by atoms with Crippen LogP contribution in [-0.2, 0) is 12.8 Å². The highest BCUT2D eigenvalue weighted by Crippen LogP contribution is 2.47. The van der Waals surface area contributed by atoms with E-state index in [4.69, 9.17) is 4.74 Å². The van der Waals surface area contributed by atoms with Crippen molar-refractivity contribution in [1.82, 2.24) is 15.2 Å². The molecule has 7 rings (SSSR count). The van der Waals surface area contributed by atoms with Gasteiger partial charge in [0.05, 0.1) is 17.7 Å². The molecule has 2 aliphatic carbocycles. The Hall–Kier alpha value is -4.20. The van der Waals surface area contributed by atoms with Crippen molar-refractivity contribution in [3.05, 3.63) is 135 Å². The number of carbonyl (C=O) groups is 1. The lowest BCUT2D eigenvalue weighted by molar-refractivity contribution is 0.0326. The summed E-state index contributed by atoms with van der Waals surface area (Å²) in [6, 6.07) is 29.7. The Morgan fingerprint density at radius 2 is 1.70 bits per heavy atom. The van der Waals surface area contributed by atoms with Gasteiger partial charge in [0.25, 0.3) is 11.5 Å². The van der Waals surface area contributed by atoms with Crippen LogP contribution in [0.3, 0.4) is 0 Å². The highest BCUT2D eigenvalue weighted by molar-refractivity contribution is 5.94. The van der Waals surface area contributed by atoms with Crippen LogP contribution in [0.4, 0.5) is 0 Å². The van der Waals surface area contributed by atoms with E-state index in [0.29, 0.717) is 24.4 Å². The molecule has 2 fully saturated rings. The van der Waals surface area contributed by atoms with Crippen molar-refractivity contribution in [2.45, 2.75) is 113 Å². The lowest BCUT2D eigenvalue weighted by Gasteiger charge is -2.41. The number of nitrogens with one attached hydrogen (secondary N) is 2. The molecule has 3 aromatic carbocycles. The maximum Gasteiger partial charge on any atom is 0.253 e. The van der Waals surface area contributed by atoms with Crippen molar-refractivity contribution in [2.75, 3.05) is 6.54 Å². The summed E-state index contributed by atoms with van der Waals surface area (Å²) >= 11 is 0. The highest BCUT2D eigenvalue weighted by Gasteiger charge is 2.43. The molecule has 262 valence electrons. The third kappa shape index (κ3) is 7.74. The molecule has 2 saturated carbocycles. The van der Waals surface area contributed by atoms with E-state index < -0.39 is 12.1 Å². The molecule has 7 heteroatoms. The third-order valence-corrected chi connectivity index (χ3v) is 11.4. The van der Waals surface area contributed by atoms with E-state index in [1.165, 1.54) is 30.0 Å². The number of aromatic nitrogens is 1. The fraction of sp³-hybridized carbons (Fsp3) is 0.442. The number of nitrogens with zero attached hydrogens (tertiary/aromatic N) is 1. The van der Waals surface area contributed by atoms with Crippen molar-refractivity contribution in [3.63, 3.8) is 0 Å². The van der Waals surface area contributed by atoms with Crippen LogP contribution in [0.5, 0.6) is 5.75 Å². The van der Waals surface area contributed by atoms with Gasteiger partial charge in [-0.05, 0) is 92.5 Å². The van der Waals surface area contributed by atoms with Crippen LogP contribution < -0.4 is 20.9 Å². The molecule has 3 aliphatic rings. The van der Waals surface area contributed by atoms with E-state index in [1.54, 1.807) is 16.8 Å². The number of benzene rings is 3. The number of hydrogen-bond acceptors (Lipinski definition) is 5. The molecule has 5 atom stereocenters. The van der Waals surface area contributed by atoms with Crippen molar-refractivity contribution < 1.29 is 14.6 Å². The summed E-state index contributed by atoms with van der Waals surface area (Å²) in [5, 5.41) is 18.7. The van der Waals surface area contributed by atoms with Gasteiger partial charge < -0.3 is 25.0 Å². The quantitative estimate of drug-likeness (QED) is 0.154. The first kappa shape index (κ1) is 34.3. The van der Waals surface area contributed by atoms with Gasteiger partial charge in [-0.1, -0.05) is 86.1 Å². The highest BCUT2D eigenvalue weighted by atomic mass is 16.5. The van der Waals surface area contributed by atoms with E-state index in [2.05, 4.69) is 60.0 Å². The Morgan fingerprint density at radius 1 is 0.940 bits per heavy atom. The zero-order valence-corrected chi connectivity index (χ0v) is 29.2. The normalized spacial score (nSPS) is 22.3. The molecule has 1 aromatic heterocycles. The zero-order valence-electron chi connectivity index (χ0n) is 29.2. The number of aliphatic hydroxyl groups excluding tert-OH is 1. The smallest absolute Gasteiger partial charge is 0.253 e. The summed E-state index contributed by atoms with van der Waals surface area (Å²) in [6.07, 6.45) is 11.5. The molecule has 50 heavy (non-hydrogen) atoms. The summed E-state index contributed by atoms with van der Waals surface area (Å²) in [5.74, 6) is 1.04. The van der Waals surface area contributed by atoms with Gasteiger partial charge in [0.2, 0.25) is 0 Å². The molecule has 7 nitrogen and oxygen atoms in total. The second-order valence-corrected chi connectivity index (χ2v) is 14.8. The average molecular weight is 674 g/mol. The van der Waals surface area contributed by atoms with Gasteiger partial charge >= 0.3 is 0 Å². The number of aryl methyl sites for hydroxylation is 1. The third-order valence-electron chi connectivity index (χ3n) is 11.4. The predicted octanol–water partition coefficient (Wildman–Crippen LogP) is 7.44. The van der Waals surface area contributed by atoms with E-state index >= 15 is 0 Å². The Kier molecular flexibility index (Phi) is 10.5. The second kappa shape index (κ2) is 15.4. The Morgan fingerprint density at radius 3 is 2.46 bits per heavy atom. The summed E-state index contributed by atoms with van der Waals surface area (Å²) in [6.45, 7) is 2.48. The van der Waals surface area contributed by atoms with Crippen molar-refractivity contribution >= 4 is 5.91 Å². The number of rotatable bonds is 11. The molecule has 0 bridgehead atoms. The molecule has 1 amide bonds. The zero-order chi connectivity index (χ0) is 34.5. The van der Waals surface area contributed by atoms with Crippen LogP contribution in [0.2, 0.25) is 0 Å². The van der Waals surface area contributed by atoms with E-state index in [-0.39, 0.29) is 29.2 Å². The first-order chi connectivity index (χ1) is 24.4. The molecule has 0 saturated heterocycles. The van der Waals surface area contributed by atoms with Gasteiger partial charge in [-0.2, -0.15) is 0 Å².